The molecule has 6 heteroatoms. The molecule has 0 bridgehead atoms. The molecule has 2 fully saturated rings. The van der Waals surface area contributed by atoms with Crippen LogP contribution in [0.1, 0.15) is 37.2 Å². The van der Waals surface area contributed by atoms with Crippen LogP contribution >= 0.6 is 0 Å². The zero-order valence-electron chi connectivity index (χ0n) is 17.0. The highest BCUT2D eigenvalue weighted by atomic mass is 16.5. The molecular weight excluding hydrogens is 378 g/mol. The minimum absolute atomic E-state index is 0.126. The molecular formula is C24H27N3O3. The number of aromatic nitrogens is 2. The first-order valence-corrected chi connectivity index (χ1v) is 10.8. The van der Waals surface area contributed by atoms with Gasteiger partial charge in [0.05, 0.1) is 30.3 Å². The normalized spacial score (nSPS) is 22.2. The third-order valence-electron chi connectivity index (χ3n) is 6.17. The number of benzene rings is 1. The molecule has 1 aromatic carbocycles. The Balaban J connectivity index is 1.37. The Morgan fingerprint density at radius 3 is 2.53 bits per heavy atom. The van der Waals surface area contributed by atoms with Gasteiger partial charge in [-0.05, 0) is 43.2 Å². The van der Waals surface area contributed by atoms with Crippen LogP contribution in [0.4, 0.5) is 5.82 Å². The number of anilines is 1. The van der Waals surface area contributed by atoms with Gasteiger partial charge in [0.1, 0.15) is 17.7 Å². The van der Waals surface area contributed by atoms with Gasteiger partial charge in [0.2, 0.25) is 5.88 Å². The van der Waals surface area contributed by atoms with Gasteiger partial charge in [-0.3, -0.25) is 4.98 Å². The van der Waals surface area contributed by atoms with E-state index >= 15 is 0 Å². The summed E-state index contributed by atoms with van der Waals surface area (Å²) in [4.78, 5) is 11.5. The quantitative estimate of drug-likeness (QED) is 0.699. The molecule has 0 atom stereocenters. The summed E-state index contributed by atoms with van der Waals surface area (Å²) in [6, 6.07) is 14.4. The van der Waals surface area contributed by atoms with Gasteiger partial charge in [0.25, 0.3) is 0 Å². The fraction of sp³-hybridized carbons (Fsp3) is 0.417. The topological polar surface area (TPSA) is 67.7 Å². The van der Waals surface area contributed by atoms with Gasteiger partial charge in [-0.1, -0.05) is 30.3 Å². The molecule has 1 saturated heterocycles. The lowest BCUT2D eigenvalue weighted by molar-refractivity contribution is 0.122. The van der Waals surface area contributed by atoms with E-state index in [2.05, 4.69) is 40.2 Å². The summed E-state index contributed by atoms with van der Waals surface area (Å²) in [7, 11) is 0. The van der Waals surface area contributed by atoms with Crippen LogP contribution < -0.4 is 9.64 Å². The van der Waals surface area contributed by atoms with E-state index in [1.807, 2.05) is 6.07 Å². The lowest BCUT2D eigenvalue weighted by atomic mass is 9.83. The number of nitrogens with zero attached hydrogens (tertiary/aromatic N) is 3. The van der Waals surface area contributed by atoms with Crippen molar-refractivity contribution in [3.63, 3.8) is 0 Å². The molecule has 156 valence electrons. The molecule has 0 amide bonds. The van der Waals surface area contributed by atoms with E-state index in [1.54, 1.807) is 6.07 Å². The van der Waals surface area contributed by atoms with Crippen LogP contribution in [0, 0.1) is 0 Å². The molecule has 0 radical (unpaired) electrons. The minimum Gasteiger partial charge on any atom is -0.506 e. The highest BCUT2D eigenvalue weighted by molar-refractivity contribution is 5.86. The van der Waals surface area contributed by atoms with Gasteiger partial charge in [-0.25, -0.2) is 0 Å². The Morgan fingerprint density at radius 1 is 1.00 bits per heavy atom. The maximum absolute atomic E-state index is 9.97. The Hall–Kier alpha value is -2.86. The molecule has 1 aliphatic heterocycles. The van der Waals surface area contributed by atoms with Crippen molar-refractivity contribution in [3.8, 4) is 11.6 Å². The molecule has 2 aliphatic rings. The van der Waals surface area contributed by atoms with Crippen molar-refractivity contribution in [2.75, 3.05) is 31.2 Å². The molecule has 3 heterocycles. The highest BCUT2D eigenvalue weighted by Gasteiger charge is 2.25. The fourth-order valence-electron chi connectivity index (χ4n) is 4.51. The molecule has 0 spiro atoms. The predicted molar refractivity (Wildman–Crippen MR) is 116 cm³/mol. The summed E-state index contributed by atoms with van der Waals surface area (Å²) < 4.78 is 11.9. The molecule has 1 N–H and O–H groups in total. The number of pyridine rings is 2. The van der Waals surface area contributed by atoms with Crippen molar-refractivity contribution < 1.29 is 14.6 Å². The van der Waals surface area contributed by atoms with E-state index in [1.165, 1.54) is 11.8 Å². The van der Waals surface area contributed by atoms with Gasteiger partial charge in [0.15, 0.2) is 0 Å². The van der Waals surface area contributed by atoms with Crippen LogP contribution in [0.15, 0.2) is 48.7 Å². The number of ether oxygens (including phenoxy) is 2. The standard InChI is InChI=1S/C24H27N3O3/c28-19-14-21-22(25-16-19)15-23(27-10-12-29-13-11-27)26-24(21)30-20-8-6-18(7-9-20)17-4-2-1-3-5-17/h1-5,14-16,18,20,28H,6-13H2/t18-,20+. The van der Waals surface area contributed by atoms with Crippen LogP contribution in [0.3, 0.4) is 0 Å². The third kappa shape index (κ3) is 4.05. The third-order valence-corrected chi connectivity index (χ3v) is 6.17. The van der Waals surface area contributed by atoms with Crippen LogP contribution in [0.25, 0.3) is 10.9 Å². The van der Waals surface area contributed by atoms with Crippen molar-refractivity contribution >= 4 is 16.7 Å². The van der Waals surface area contributed by atoms with E-state index in [-0.39, 0.29) is 11.9 Å². The molecule has 2 aromatic heterocycles. The summed E-state index contributed by atoms with van der Waals surface area (Å²) in [5, 5.41) is 10.7. The largest absolute Gasteiger partial charge is 0.506 e. The van der Waals surface area contributed by atoms with Crippen LogP contribution in [-0.2, 0) is 4.74 Å². The first-order valence-electron chi connectivity index (χ1n) is 10.8. The maximum atomic E-state index is 9.97. The SMILES string of the molecule is Oc1cnc2cc(N3CCOCC3)nc(O[C@H]3CC[C@@H](c4ccccc4)CC3)c2c1. The zero-order valence-corrected chi connectivity index (χ0v) is 17.0. The zero-order chi connectivity index (χ0) is 20.3. The number of fused-ring (bicyclic) bond motifs is 1. The number of aromatic hydroxyl groups is 1. The first kappa shape index (κ1) is 19.1. The van der Waals surface area contributed by atoms with E-state index in [9.17, 15) is 5.11 Å². The summed E-state index contributed by atoms with van der Waals surface area (Å²) in [6.07, 6.45) is 5.81. The van der Waals surface area contributed by atoms with Crippen molar-refractivity contribution in [2.24, 2.45) is 0 Å². The molecule has 1 aliphatic carbocycles. The Morgan fingerprint density at radius 2 is 1.77 bits per heavy atom. The van der Waals surface area contributed by atoms with Crippen LogP contribution in [0.5, 0.6) is 11.6 Å². The molecule has 3 aromatic rings. The first-order chi connectivity index (χ1) is 14.8. The minimum atomic E-state index is 0.126. The summed E-state index contributed by atoms with van der Waals surface area (Å²) >= 11 is 0. The van der Waals surface area contributed by atoms with Gasteiger partial charge < -0.3 is 19.5 Å². The van der Waals surface area contributed by atoms with Gasteiger partial charge in [0, 0.05) is 19.2 Å². The Kier molecular flexibility index (Phi) is 5.41. The Bertz CT molecular complexity index is 997. The molecule has 30 heavy (non-hydrogen) atoms. The average molecular weight is 405 g/mol. The molecule has 6 nitrogen and oxygen atoms in total. The number of morpholine rings is 1. The van der Waals surface area contributed by atoms with E-state index < -0.39 is 0 Å². The van der Waals surface area contributed by atoms with Crippen molar-refractivity contribution in [3.05, 3.63) is 54.2 Å². The summed E-state index contributed by atoms with van der Waals surface area (Å²) in [6.45, 7) is 3.00. The fourth-order valence-corrected chi connectivity index (χ4v) is 4.51. The summed E-state index contributed by atoms with van der Waals surface area (Å²) in [5.74, 6) is 2.15. The summed E-state index contributed by atoms with van der Waals surface area (Å²) in [5.41, 5.74) is 2.21. The van der Waals surface area contributed by atoms with Crippen molar-refractivity contribution in [1.29, 1.82) is 0 Å². The Labute approximate surface area is 176 Å². The van der Waals surface area contributed by atoms with Crippen molar-refractivity contribution in [2.45, 2.75) is 37.7 Å². The molecule has 0 unspecified atom stereocenters. The smallest absolute Gasteiger partial charge is 0.225 e. The lowest BCUT2D eigenvalue weighted by Crippen LogP contribution is -2.36. The van der Waals surface area contributed by atoms with Crippen LogP contribution in [-0.4, -0.2) is 47.5 Å². The van der Waals surface area contributed by atoms with Gasteiger partial charge in [-0.15, -0.1) is 0 Å². The average Bonchev–Trinajstić information content (AvgIpc) is 2.81. The number of rotatable bonds is 4. The van der Waals surface area contributed by atoms with E-state index in [0.717, 1.165) is 55.5 Å². The highest BCUT2D eigenvalue weighted by Crippen LogP contribution is 2.36. The maximum Gasteiger partial charge on any atom is 0.225 e. The van der Waals surface area contributed by atoms with Crippen LogP contribution in [0.2, 0.25) is 0 Å². The lowest BCUT2D eigenvalue weighted by Gasteiger charge is -2.30. The van der Waals surface area contributed by atoms with E-state index in [4.69, 9.17) is 14.5 Å². The monoisotopic (exact) mass is 405 g/mol. The van der Waals surface area contributed by atoms with Gasteiger partial charge in [-0.2, -0.15) is 4.98 Å². The van der Waals surface area contributed by atoms with Crippen molar-refractivity contribution in [1.82, 2.24) is 9.97 Å². The molecule has 5 rings (SSSR count). The number of hydrogen-bond acceptors (Lipinski definition) is 6. The second-order valence-corrected chi connectivity index (χ2v) is 8.15. The number of hydrogen-bond donors (Lipinski definition) is 1. The second kappa shape index (κ2) is 8.48. The second-order valence-electron chi connectivity index (χ2n) is 8.15. The van der Waals surface area contributed by atoms with Gasteiger partial charge >= 0.3 is 0 Å². The molecule has 1 saturated carbocycles. The predicted octanol–water partition coefficient (Wildman–Crippen LogP) is 4.28. The van der Waals surface area contributed by atoms with E-state index in [0.29, 0.717) is 25.0 Å².